The minimum absolute atomic E-state index is 0.0151. The molecule has 0 heterocycles. The molecule has 2 atom stereocenters. The second kappa shape index (κ2) is 8.33. The lowest BCUT2D eigenvalue weighted by Gasteiger charge is -2.18. The fraction of sp³-hybridized carbons (Fsp3) is 0.364. The number of hydrogen-bond donors (Lipinski definition) is 1. The summed E-state index contributed by atoms with van der Waals surface area (Å²) in [5.41, 5.74) is 2.20. The minimum atomic E-state index is -0.244. The van der Waals surface area contributed by atoms with Crippen LogP contribution in [0.25, 0.3) is 0 Å². The standard InChI is InChI=1S/C22H25FN2O2/c1-3-25(4-2)22(27)16-11-9-15(10-12-16)14-24-21(26)19-13-18(19)17-7-5-6-8-20(17)23/h5-12,18-19H,3-4,13-14H2,1-2H3,(H,24,26). The Hall–Kier alpha value is -2.69. The highest BCUT2D eigenvalue weighted by atomic mass is 19.1. The fourth-order valence-electron chi connectivity index (χ4n) is 3.38. The van der Waals surface area contributed by atoms with Gasteiger partial charge >= 0.3 is 0 Å². The zero-order chi connectivity index (χ0) is 19.4. The Labute approximate surface area is 159 Å². The molecule has 3 rings (SSSR count). The van der Waals surface area contributed by atoms with Crippen LogP contribution in [0, 0.1) is 11.7 Å². The van der Waals surface area contributed by atoms with Crippen molar-refractivity contribution in [3.63, 3.8) is 0 Å². The lowest BCUT2D eigenvalue weighted by atomic mass is 10.1. The van der Waals surface area contributed by atoms with Gasteiger partial charge in [0.25, 0.3) is 5.91 Å². The van der Waals surface area contributed by atoms with Crippen LogP contribution in [-0.2, 0) is 11.3 Å². The van der Waals surface area contributed by atoms with Crippen LogP contribution in [0.4, 0.5) is 4.39 Å². The summed E-state index contributed by atoms with van der Waals surface area (Å²) in [7, 11) is 0. The quantitative estimate of drug-likeness (QED) is 0.810. The van der Waals surface area contributed by atoms with E-state index in [2.05, 4.69) is 5.32 Å². The van der Waals surface area contributed by atoms with E-state index < -0.39 is 0 Å². The Morgan fingerprint density at radius 2 is 1.74 bits per heavy atom. The van der Waals surface area contributed by atoms with E-state index in [0.29, 0.717) is 37.2 Å². The molecule has 27 heavy (non-hydrogen) atoms. The molecule has 1 N–H and O–H groups in total. The predicted octanol–water partition coefficient (Wildman–Crippen LogP) is 3.73. The Kier molecular flexibility index (Phi) is 5.89. The lowest BCUT2D eigenvalue weighted by Crippen LogP contribution is -2.30. The first-order valence-corrected chi connectivity index (χ1v) is 9.45. The van der Waals surface area contributed by atoms with Gasteiger partial charge in [-0.05, 0) is 55.5 Å². The molecule has 142 valence electrons. The van der Waals surface area contributed by atoms with E-state index in [1.54, 1.807) is 35.2 Å². The van der Waals surface area contributed by atoms with Crippen molar-refractivity contribution in [3.8, 4) is 0 Å². The zero-order valence-corrected chi connectivity index (χ0v) is 15.7. The van der Waals surface area contributed by atoms with Gasteiger partial charge in [0.2, 0.25) is 5.91 Å². The third kappa shape index (κ3) is 4.35. The number of amides is 2. The molecular formula is C22H25FN2O2. The topological polar surface area (TPSA) is 49.4 Å². The Balaban J connectivity index is 1.53. The van der Waals surface area contributed by atoms with Gasteiger partial charge in [-0.15, -0.1) is 0 Å². The van der Waals surface area contributed by atoms with Crippen molar-refractivity contribution in [1.29, 1.82) is 0 Å². The molecule has 0 saturated heterocycles. The summed E-state index contributed by atoms with van der Waals surface area (Å²) >= 11 is 0. The lowest BCUT2D eigenvalue weighted by molar-refractivity contribution is -0.122. The number of benzene rings is 2. The second-order valence-corrected chi connectivity index (χ2v) is 6.86. The summed E-state index contributed by atoms with van der Waals surface area (Å²) in [5.74, 6) is -0.468. The van der Waals surface area contributed by atoms with Gasteiger partial charge in [0.15, 0.2) is 0 Å². The van der Waals surface area contributed by atoms with Crippen molar-refractivity contribution >= 4 is 11.8 Å². The van der Waals surface area contributed by atoms with E-state index in [1.165, 1.54) is 6.07 Å². The largest absolute Gasteiger partial charge is 0.352 e. The monoisotopic (exact) mass is 368 g/mol. The smallest absolute Gasteiger partial charge is 0.253 e. The Morgan fingerprint density at radius 1 is 1.07 bits per heavy atom. The molecule has 2 aromatic rings. The first kappa shape index (κ1) is 19.1. The molecule has 5 heteroatoms. The molecule has 4 nitrogen and oxygen atoms in total. The van der Waals surface area contributed by atoms with Crippen molar-refractivity contribution in [2.45, 2.75) is 32.7 Å². The van der Waals surface area contributed by atoms with Gasteiger partial charge in [0.05, 0.1) is 0 Å². The average molecular weight is 368 g/mol. The third-order valence-corrected chi connectivity index (χ3v) is 5.15. The van der Waals surface area contributed by atoms with E-state index in [9.17, 15) is 14.0 Å². The van der Waals surface area contributed by atoms with Crippen LogP contribution >= 0.6 is 0 Å². The molecule has 0 spiro atoms. The van der Waals surface area contributed by atoms with Crippen LogP contribution in [0.5, 0.6) is 0 Å². The average Bonchev–Trinajstić information content (AvgIpc) is 3.48. The zero-order valence-electron chi connectivity index (χ0n) is 15.7. The van der Waals surface area contributed by atoms with E-state index in [-0.39, 0.29) is 29.5 Å². The van der Waals surface area contributed by atoms with Crippen molar-refractivity contribution in [1.82, 2.24) is 10.2 Å². The summed E-state index contributed by atoms with van der Waals surface area (Å²) in [5, 5.41) is 2.92. The summed E-state index contributed by atoms with van der Waals surface area (Å²) in [6.07, 6.45) is 0.685. The summed E-state index contributed by atoms with van der Waals surface area (Å²) in [4.78, 5) is 26.4. The second-order valence-electron chi connectivity index (χ2n) is 6.86. The van der Waals surface area contributed by atoms with Crippen molar-refractivity contribution in [3.05, 3.63) is 71.0 Å². The predicted molar refractivity (Wildman–Crippen MR) is 103 cm³/mol. The molecule has 2 amide bonds. The molecule has 0 aliphatic heterocycles. The van der Waals surface area contributed by atoms with Gasteiger partial charge in [0.1, 0.15) is 5.82 Å². The Bertz CT molecular complexity index is 815. The van der Waals surface area contributed by atoms with Crippen molar-refractivity contribution in [2.24, 2.45) is 5.92 Å². The van der Waals surface area contributed by atoms with Gasteiger partial charge in [-0.3, -0.25) is 9.59 Å². The van der Waals surface area contributed by atoms with E-state index in [4.69, 9.17) is 0 Å². The van der Waals surface area contributed by atoms with Crippen LogP contribution < -0.4 is 5.32 Å². The normalized spacial score (nSPS) is 18.0. The summed E-state index contributed by atoms with van der Waals surface area (Å²) < 4.78 is 13.8. The highest BCUT2D eigenvalue weighted by Gasteiger charge is 2.44. The van der Waals surface area contributed by atoms with Gasteiger partial charge in [0, 0.05) is 31.1 Å². The molecule has 0 aromatic heterocycles. The molecule has 2 aromatic carbocycles. The van der Waals surface area contributed by atoms with Crippen LogP contribution in [-0.4, -0.2) is 29.8 Å². The number of rotatable bonds is 7. The van der Waals surface area contributed by atoms with Crippen molar-refractivity contribution in [2.75, 3.05) is 13.1 Å². The molecule has 2 unspecified atom stereocenters. The molecule has 1 aliphatic rings. The SMILES string of the molecule is CCN(CC)C(=O)c1ccc(CNC(=O)C2CC2c2ccccc2F)cc1. The maximum atomic E-state index is 13.8. The minimum Gasteiger partial charge on any atom is -0.352 e. The van der Waals surface area contributed by atoms with Crippen LogP contribution in [0.1, 0.15) is 47.7 Å². The maximum absolute atomic E-state index is 13.8. The molecule has 1 saturated carbocycles. The Morgan fingerprint density at radius 3 is 2.37 bits per heavy atom. The molecule has 0 radical (unpaired) electrons. The number of nitrogens with one attached hydrogen (secondary N) is 1. The number of carbonyl (C=O) groups excluding carboxylic acids is 2. The number of halogens is 1. The van der Waals surface area contributed by atoms with Crippen molar-refractivity contribution < 1.29 is 14.0 Å². The van der Waals surface area contributed by atoms with Gasteiger partial charge in [-0.1, -0.05) is 30.3 Å². The van der Waals surface area contributed by atoms with Crippen LogP contribution in [0.15, 0.2) is 48.5 Å². The van der Waals surface area contributed by atoms with Gasteiger partial charge in [-0.25, -0.2) is 4.39 Å². The van der Waals surface area contributed by atoms with E-state index in [0.717, 1.165) is 5.56 Å². The number of hydrogen-bond acceptors (Lipinski definition) is 2. The summed E-state index contributed by atoms with van der Waals surface area (Å²) in [6.45, 7) is 5.67. The molecule has 1 fully saturated rings. The highest BCUT2D eigenvalue weighted by Crippen LogP contribution is 2.48. The number of carbonyl (C=O) groups is 2. The highest BCUT2D eigenvalue weighted by molar-refractivity contribution is 5.94. The van der Waals surface area contributed by atoms with Gasteiger partial charge < -0.3 is 10.2 Å². The van der Waals surface area contributed by atoms with Crippen LogP contribution in [0.2, 0.25) is 0 Å². The maximum Gasteiger partial charge on any atom is 0.253 e. The first-order valence-electron chi connectivity index (χ1n) is 9.45. The third-order valence-electron chi connectivity index (χ3n) is 5.15. The molecule has 0 bridgehead atoms. The van der Waals surface area contributed by atoms with E-state index in [1.807, 2.05) is 26.0 Å². The van der Waals surface area contributed by atoms with Crippen LogP contribution in [0.3, 0.4) is 0 Å². The van der Waals surface area contributed by atoms with Gasteiger partial charge in [-0.2, -0.15) is 0 Å². The summed E-state index contributed by atoms with van der Waals surface area (Å²) in [6, 6.07) is 13.9. The fourth-order valence-corrected chi connectivity index (χ4v) is 3.38. The first-order chi connectivity index (χ1) is 13.0. The number of nitrogens with zero attached hydrogens (tertiary/aromatic N) is 1. The molecular weight excluding hydrogens is 343 g/mol. The van der Waals surface area contributed by atoms with E-state index >= 15 is 0 Å². The molecule has 1 aliphatic carbocycles.